The van der Waals surface area contributed by atoms with Gasteiger partial charge in [0.25, 0.3) is 0 Å². The molecule has 0 saturated carbocycles. The van der Waals surface area contributed by atoms with Crippen LogP contribution in [0.4, 0.5) is 0 Å². The van der Waals surface area contributed by atoms with Crippen molar-refractivity contribution in [1.29, 1.82) is 0 Å². The van der Waals surface area contributed by atoms with E-state index >= 15 is 0 Å². The third-order valence-electron chi connectivity index (χ3n) is 0.907. The van der Waals surface area contributed by atoms with Crippen LogP contribution in [0, 0.1) is 24.3 Å². The Balaban J connectivity index is -0.0000000522. The van der Waals surface area contributed by atoms with Crippen molar-refractivity contribution >= 4 is 11.9 Å². The predicted octanol–water partition coefficient (Wildman–Crippen LogP) is 0.519. The molecule has 2 aromatic carbocycles. The number of hydrogen-bond acceptors (Lipinski definition) is 2. The predicted molar refractivity (Wildman–Crippen MR) is 68.0 cm³/mol. The molecular weight excluding hydrogens is 689 g/mol. The van der Waals surface area contributed by atoms with Gasteiger partial charge in [0.1, 0.15) is 0 Å². The zero-order valence-corrected chi connectivity index (χ0v) is 24.1. The van der Waals surface area contributed by atoms with E-state index in [1.807, 2.05) is 30.3 Å². The monoisotopic (exact) mass is 708 g/mol. The van der Waals surface area contributed by atoms with E-state index in [0.29, 0.717) is 0 Å². The van der Waals surface area contributed by atoms with E-state index in [2.05, 4.69) is 24.3 Å². The second-order valence-electron chi connectivity index (χ2n) is 2.76. The first-order valence-electron chi connectivity index (χ1n) is 4.90. The second-order valence-corrected chi connectivity index (χ2v) is 2.76. The molecule has 0 atom stereocenters. The van der Waals surface area contributed by atoms with E-state index in [-0.39, 0.29) is 72.4 Å². The summed E-state index contributed by atoms with van der Waals surface area (Å²) in [6, 6.07) is 22.0. The molecule has 4 N–H and O–H groups in total. The van der Waals surface area contributed by atoms with Crippen molar-refractivity contribution in [2.75, 3.05) is 0 Å². The molecule has 0 bridgehead atoms. The summed E-state index contributed by atoms with van der Waals surface area (Å²) in [5, 5.41) is 11.9. The van der Waals surface area contributed by atoms with Crippen LogP contribution < -0.4 is 0 Å². The number of carbonyl (C=O) groups excluding carboxylic acids is 2. The molecular formula is C14H16FeHg2O4-2. The molecule has 2 aromatic rings. The summed E-state index contributed by atoms with van der Waals surface area (Å²) >= 11 is 0. The van der Waals surface area contributed by atoms with Gasteiger partial charge in [0.05, 0.1) is 13.8 Å². The average Bonchev–Trinajstić information content (AvgIpc) is 2.96. The normalized spacial score (nSPS) is 6.19. The Bertz CT molecular complexity index is 295. The third-order valence-corrected chi connectivity index (χ3v) is 0.907. The van der Waals surface area contributed by atoms with Gasteiger partial charge in [-0.3, -0.25) is 0 Å². The van der Waals surface area contributed by atoms with Crippen LogP contribution in [0.15, 0.2) is 36.4 Å². The van der Waals surface area contributed by atoms with Gasteiger partial charge in [-0.1, -0.05) is 0 Å². The summed E-state index contributed by atoms with van der Waals surface area (Å²) in [4.78, 5) is 18.2. The fourth-order valence-corrected chi connectivity index (χ4v) is 0.501. The number of hydrogen-bond donors (Lipinski definition) is 0. The smallest absolute Gasteiger partial charge is 0.999 e. The van der Waals surface area contributed by atoms with Gasteiger partial charge in [0.15, 0.2) is 0 Å². The molecule has 0 aromatic heterocycles. The molecule has 0 amide bonds. The number of rotatable bonds is 0. The first-order chi connectivity index (χ1) is 8.46. The standard InChI is InChI=1S/C5H5.C5H.2C2H4O2.Fe.2Hg/c2*1-2-4-5-3-1;2*1-2(3)4;;;/h1-5H;1H;2*1H3,(H,3,4);;;/q-1;-5;;;+2;;/p+2. The summed E-state index contributed by atoms with van der Waals surface area (Å²) in [5.41, 5.74) is 0. The molecule has 0 aliphatic carbocycles. The van der Waals surface area contributed by atoms with Gasteiger partial charge in [-0.05, 0) is 0 Å². The maximum atomic E-state index is 9.11. The third kappa shape index (κ3) is 64.7. The van der Waals surface area contributed by atoms with Crippen LogP contribution in [0.1, 0.15) is 13.8 Å². The van der Waals surface area contributed by atoms with Gasteiger partial charge < -0.3 is 40.5 Å². The molecule has 0 saturated heterocycles. The SMILES string of the molecule is CC(=O)[OH2+].CC(=O)[OH2+].[Fe+2].[Hg].[Hg].[c-]1[c-][c-][cH-][c-]1.c1cc[cH-]c1. The van der Waals surface area contributed by atoms with E-state index in [1.165, 1.54) is 13.8 Å². The van der Waals surface area contributed by atoms with Gasteiger partial charge in [-0.15, -0.1) is 0 Å². The molecule has 2 rings (SSSR count). The van der Waals surface area contributed by atoms with Crippen molar-refractivity contribution in [3.8, 4) is 0 Å². The molecule has 7 heteroatoms. The van der Waals surface area contributed by atoms with Crippen molar-refractivity contribution in [2.45, 2.75) is 13.8 Å². The molecule has 0 unspecified atom stereocenters. The minimum atomic E-state index is -0.583. The topological polar surface area (TPSA) is 79.9 Å². The Morgan fingerprint density at radius 2 is 1.19 bits per heavy atom. The molecule has 0 aliphatic heterocycles. The van der Waals surface area contributed by atoms with Crippen molar-refractivity contribution in [3.63, 3.8) is 0 Å². The van der Waals surface area contributed by atoms with Crippen LogP contribution in [0.3, 0.4) is 0 Å². The molecule has 4 nitrogen and oxygen atoms in total. The summed E-state index contributed by atoms with van der Waals surface area (Å²) < 4.78 is 0. The van der Waals surface area contributed by atoms with E-state index < -0.39 is 11.9 Å². The van der Waals surface area contributed by atoms with Gasteiger partial charge in [0, 0.05) is 64.9 Å². The Morgan fingerprint density at radius 1 is 0.905 bits per heavy atom. The fraction of sp³-hybridized carbons (Fsp3) is 0.143. The minimum absolute atomic E-state index is 0. The van der Waals surface area contributed by atoms with Crippen LogP contribution in [0.5, 0.6) is 0 Å². The molecule has 0 radical (unpaired) electrons. The van der Waals surface area contributed by atoms with Gasteiger partial charge in [-0.2, -0.15) is 18.2 Å². The van der Waals surface area contributed by atoms with E-state index in [9.17, 15) is 0 Å². The largest absolute Gasteiger partial charge is 2.00 e. The van der Waals surface area contributed by atoms with Crippen LogP contribution in [-0.2, 0) is 82.0 Å². The first-order valence-corrected chi connectivity index (χ1v) is 4.90. The van der Waals surface area contributed by atoms with E-state index in [4.69, 9.17) is 19.8 Å². The van der Waals surface area contributed by atoms with Crippen LogP contribution >= 0.6 is 0 Å². The van der Waals surface area contributed by atoms with Gasteiger partial charge >= 0.3 is 29.0 Å². The van der Waals surface area contributed by atoms with Crippen LogP contribution in [-0.4, -0.2) is 22.2 Å². The Kier molecular flexibility index (Phi) is 44.1. The first kappa shape index (κ1) is 32.8. The van der Waals surface area contributed by atoms with E-state index in [1.54, 1.807) is 6.07 Å². The fourth-order valence-electron chi connectivity index (χ4n) is 0.501. The van der Waals surface area contributed by atoms with Crippen LogP contribution in [0.2, 0.25) is 0 Å². The summed E-state index contributed by atoms with van der Waals surface area (Å²) in [5.74, 6) is -1.17. The molecule has 0 fully saturated rings. The van der Waals surface area contributed by atoms with Crippen molar-refractivity contribution in [2.24, 2.45) is 0 Å². The maximum Gasteiger partial charge on any atom is 2.00 e. The molecule has 0 spiro atoms. The Labute approximate surface area is 177 Å². The minimum Gasteiger partial charge on any atom is -0.999 e. The summed E-state index contributed by atoms with van der Waals surface area (Å²) in [6.45, 7) is 2.39. The zero-order valence-electron chi connectivity index (χ0n) is 12.0. The van der Waals surface area contributed by atoms with Crippen molar-refractivity contribution in [1.82, 2.24) is 0 Å². The summed E-state index contributed by atoms with van der Waals surface area (Å²) in [7, 11) is 0. The molecule has 21 heavy (non-hydrogen) atoms. The second kappa shape index (κ2) is 28.2. The quantitative estimate of drug-likeness (QED) is 0.228. The Hall–Kier alpha value is 0.0296. The van der Waals surface area contributed by atoms with E-state index in [0.717, 1.165) is 0 Å². The molecule has 0 heterocycles. The van der Waals surface area contributed by atoms with Gasteiger partial charge in [0.2, 0.25) is 0 Å². The van der Waals surface area contributed by atoms with Gasteiger partial charge in [-0.25, -0.2) is 12.1 Å². The zero-order chi connectivity index (χ0) is 14.2. The molecule has 110 valence electrons. The number of carbonyl (C=O) groups is 2. The maximum absolute atomic E-state index is 9.11. The molecule has 0 aliphatic rings. The van der Waals surface area contributed by atoms with Crippen LogP contribution in [0.25, 0.3) is 0 Å². The van der Waals surface area contributed by atoms with Crippen molar-refractivity contribution < 1.29 is 92.2 Å². The summed E-state index contributed by atoms with van der Waals surface area (Å²) in [6.07, 6.45) is 0. The Morgan fingerprint density at radius 3 is 1.29 bits per heavy atom. The average molecular weight is 705 g/mol. The van der Waals surface area contributed by atoms with Crippen molar-refractivity contribution in [3.05, 3.63) is 60.7 Å².